The summed E-state index contributed by atoms with van der Waals surface area (Å²) < 4.78 is 0.752. The molecule has 0 radical (unpaired) electrons. The van der Waals surface area contributed by atoms with E-state index in [1.54, 1.807) is 12.3 Å². The summed E-state index contributed by atoms with van der Waals surface area (Å²) in [6, 6.07) is 13.7. The number of amides is 1. The van der Waals surface area contributed by atoms with Gasteiger partial charge in [0.15, 0.2) is 0 Å². The monoisotopic (exact) mass is 427 g/mol. The van der Waals surface area contributed by atoms with Crippen LogP contribution in [0.5, 0.6) is 0 Å². The molecule has 1 N–H and O–H groups in total. The summed E-state index contributed by atoms with van der Waals surface area (Å²) in [5, 5.41) is 4.14. The highest BCUT2D eigenvalue weighted by molar-refractivity contribution is 9.10. The van der Waals surface area contributed by atoms with Crippen LogP contribution < -0.4 is 10.3 Å². The van der Waals surface area contributed by atoms with Gasteiger partial charge in [0, 0.05) is 22.2 Å². The van der Waals surface area contributed by atoms with Crippen LogP contribution >= 0.6 is 15.9 Å². The molecular weight excluding hydrogens is 402 g/mol. The van der Waals surface area contributed by atoms with Gasteiger partial charge in [0.05, 0.1) is 11.8 Å². The van der Waals surface area contributed by atoms with E-state index in [9.17, 15) is 4.79 Å². The van der Waals surface area contributed by atoms with E-state index in [-0.39, 0.29) is 11.4 Å². The molecule has 3 rings (SSSR count). The standard InChI is InChI=1S/C22H26BrN3O/c1-5-26-20-11-10-16(12-18(20)15(2)13-22(26,3)4)14-24-25-21(27)17-8-6-7-9-19(17)23/h6-12,14-15H,5,13H2,1-4H3,(H,25,27)/b24-14-. The highest BCUT2D eigenvalue weighted by atomic mass is 79.9. The average molecular weight is 428 g/mol. The first-order valence-electron chi connectivity index (χ1n) is 9.33. The maximum atomic E-state index is 12.2. The van der Waals surface area contributed by atoms with Crippen LogP contribution in [-0.2, 0) is 0 Å². The van der Waals surface area contributed by atoms with Crippen molar-refractivity contribution in [3.8, 4) is 0 Å². The molecule has 1 unspecified atom stereocenters. The Morgan fingerprint density at radius 2 is 2.07 bits per heavy atom. The van der Waals surface area contributed by atoms with E-state index in [2.05, 4.69) is 77.3 Å². The Morgan fingerprint density at radius 1 is 1.33 bits per heavy atom. The molecule has 2 aromatic rings. The van der Waals surface area contributed by atoms with Gasteiger partial charge in [0.1, 0.15) is 0 Å². The van der Waals surface area contributed by atoms with Crippen LogP contribution in [0.2, 0.25) is 0 Å². The van der Waals surface area contributed by atoms with Gasteiger partial charge in [-0.05, 0) is 84.4 Å². The fourth-order valence-corrected chi connectivity index (χ4v) is 4.52. The number of nitrogens with one attached hydrogen (secondary N) is 1. The van der Waals surface area contributed by atoms with Crippen LogP contribution in [0.3, 0.4) is 0 Å². The Morgan fingerprint density at radius 3 is 2.78 bits per heavy atom. The molecule has 0 aliphatic carbocycles. The highest BCUT2D eigenvalue weighted by Gasteiger charge is 2.35. The number of hydrazone groups is 1. The second-order valence-corrected chi connectivity index (χ2v) is 8.51. The van der Waals surface area contributed by atoms with Crippen LogP contribution in [-0.4, -0.2) is 24.2 Å². The lowest BCUT2D eigenvalue weighted by Gasteiger charge is -2.47. The number of halogens is 1. The predicted molar refractivity (Wildman–Crippen MR) is 116 cm³/mol. The minimum atomic E-state index is -0.232. The maximum absolute atomic E-state index is 12.2. The number of hydrogen-bond acceptors (Lipinski definition) is 3. The summed E-state index contributed by atoms with van der Waals surface area (Å²) in [5.41, 5.74) is 6.96. The zero-order valence-corrected chi connectivity index (χ0v) is 17.9. The number of benzene rings is 2. The predicted octanol–water partition coefficient (Wildman–Crippen LogP) is 5.33. The smallest absolute Gasteiger partial charge is 0.272 e. The van der Waals surface area contributed by atoms with E-state index in [4.69, 9.17) is 0 Å². The second kappa shape index (κ2) is 7.85. The third kappa shape index (κ3) is 4.08. The zero-order chi connectivity index (χ0) is 19.6. The number of nitrogens with zero attached hydrogens (tertiary/aromatic N) is 2. The summed E-state index contributed by atoms with van der Waals surface area (Å²) in [6.07, 6.45) is 2.82. The molecule has 5 heteroatoms. The van der Waals surface area contributed by atoms with E-state index in [0.29, 0.717) is 11.5 Å². The van der Waals surface area contributed by atoms with Crippen molar-refractivity contribution in [3.05, 3.63) is 63.6 Å². The van der Waals surface area contributed by atoms with E-state index >= 15 is 0 Å². The number of fused-ring (bicyclic) bond motifs is 1. The summed E-state index contributed by atoms with van der Waals surface area (Å²) in [4.78, 5) is 14.7. The zero-order valence-electron chi connectivity index (χ0n) is 16.3. The molecule has 142 valence electrons. The molecular formula is C22H26BrN3O. The summed E-state index contributed by atoms with van der Waals surface area (Å²) in [6.45, 7) is 10.1. The van der Waals surface area contributed by atoms with Crippen LogP contribution in [0.4, 0.5) is 5.69 Å². The van der Waals surface area contributed by atoms with Gasteiger partial charge in [-0.15, -0.1) is 0 Å². The topological polar surface area (TPSA) is 44.7 Å². The normalized spacial score (nSPS) is 18.4. The van der Waals surface area contributed by atoms with Crippen molar-refractivity contribution < 1.29 is 4.79 Å². The van der Waals surface area contributed by atoms with Gasteiger partial charge in [-0.2, -0.15) is 5.10 Å². The number of carbonyl (C=O) groups excluding carboxylic acids is 1. The van der Waals surface area contributed by atoms with Gasteiger partial charge < -0.3 is 4.90 Å². The summed E-state index contributed by atoms with van der Waals surface area (Å²) >= 11 is 3.39. The lowest BCUT2D eigenvalue weighted by atomic mass is 9.79. The van der Waals surface area contributed by atoms with Gasteiger partial charge in [-0.25, -0.2) is 5.43 Å². The molecule has 0 saturated carbocycles. The van der Waals surface area contributed by atoms with E-state index < -0.39 is 0 Å². The van der Waals surface area contributed by atoms with Crippen LogP contribution in [0.15, 0.2) is 52.0 Å². The van der Waals surface area contributed by atoms with Crippen molar-refractivity contribution in [1.29, 1.82) is 0 Å². The van der Waals surface area contributed by atoms with Gasteiger partial charge in [-0.3, -0.25) is 4.79 Å². The molecule has 1 aliphatic rings. The molecule has 0 aromatic heterocycles. The van der Waals surface area contributed by atoms with Gasteiger partial charge in [0.2, 0.25) is 0 Å². The quantitative estimate of drug-likeness (QED) is 0.529. The van der Waals surface area contributed by atoms with Crippen LogP contribution in [0.25, 0.3) is 0 Å². The number of carbonyl (C=O) groups is 1. The highest BCUT2D eigenvalue weighted by Crippen LogP contribution is 2.43. The fourth-order valence-electron chi connectivity index (χ4n) is 4.06. The lowest BCUT2D eigenvalue weighted by Crippen LogP contribution is -2.48. The summed E-state index contributed by atoms with van der Waals surface area (Å²) in [7, 11) is 0. The van der Waals surface area contributed by atoms with Gasteiger partial charge in [-0.1, -0.05) is 25.1 Å². The van der Waals surface area contributed by atoms with Crippen molar-refractivity contribution in [3.63, 3.8) is 0 Å². The molecule has 0 saturated heterocycles. The number of hydrogen-bond donors (Lipinski definition) is 1. The van der Waals surface area contributed by atoms with Gasteiger partial charge in [0.25, 0.3) is 5.91 Å². The molecule has 1 aliphatic heterocycles. The van der Waals surface area contributed by atoms with Crippen molar-refractivity contribution in [1.82, 2.24) is 5.43 Å². The van der Waals surface area contributed by atoms with Crippen molar-refractivity contribution >= 4 is 33.7 Å². The fraction of sp³-hybridized carbons (Fsp3) is 0.364. The molecule has 1 atom stereocenters. The van der Waals surface area contributed by atoms with Crippen molar-refractivity contribution in [2.75, 3.05) is 11.4 Å². The third-order valence-corrected chi connectivity index (χ3v) is 5.92. The summed E-state index contributed by atoms with van der Waals surface area (Å²) in [5.74, 6) is 0.255. The Bertz CT molecular complexity index is 876. The largest absolute Gasteiger partial charge is 0.366 e. The van der Waals surface area contributed by atoms with E-state index in [1.807, 2.05) is 18.2 Å². The second-order valence-electron chi connectivity index (χ2n) is 7.66. The van der Waals surface area contributed by atoms with Gasteiger partial charge >= 0.3 is 0 Å². The molecule has 1 heterocycles. The van der Waals surface area contributed by atoms with E-state index in [1.165, 1.54) is 11.3 Å². The Balaban J connectivity index is 1.78. The molecule has 0 bridgehead atoms. The molecule has 0 spiro atoms. The first kappa shape index (κ1) is 19.6. The van der Waals surface area contributed by atoms with Crippen LogP contribution in [0, 0.1) is 0 Å². The first-order chi connectivity index (χ1) is 12.8. The minimum Gasteiger partial charge on any atom is -0.366 e. The Hall–Kier alpha value is -2.14. The number of rotatable bonds is 4. The Labute approximate surface area is 169 Å². The van der Waals surface area contributed by atoms with E-state index in [0.717, 1.165) is 23.0 Å². The molecule has 4 nitrogen and oxygen atoms in total. The molecule has 0 fully saturated rings. The Kier molecular flexibility index (Phi) is 5.70. The van der Waals surface area contributed by atoms with Crippen molar-refractivity contribution in [2.24, 2.45) is 5.10 Å². The molecule has 1 amide bonds. The van der Waals surface area contributed by atoms with Crippen LogP contribution in [0.1, 0.15) is 61.5 Å². The van der Waals surface area contributed by atoms with Crippen molar-refractivity contribution in [2.45, 2.75) is 45.6 Å². The molecule has 27 heavy (non-hydrogen) atoms. The minimum absolute atomic E-state index is 0.161. The first-order valence-corrected chi connectivity index (χ1v) is 10.1. The maximum Gasteiger partial charge on any atom is 0.272 e. The lowest BCUT2D eigenvalue weighted by molar-refractivity contribution is 0.0954. The molecule has 2 aromatic carbocycles. The SMILES string of the molecule is CCN1c2ccc(/C=N\NC(=O)c3ccccc3Br)cc2C(C)CC1(C)C. The average Bonchev–Trinajstić information content (AvgIpc) is 2.62. The number of anilines is 1. The third-order valence-electron chi connectivity index (χ3n) is 5.22.